The Morgan fingerprint density at radius 2 is 1.71 bits per heavy atom. The molecule has 0 radical (unpaired) electrons. The zero-order valence-corrected chi connectivity index (χ0v) is 16.5. The molecule has 1 aromatic rings. The smallest absolute Gasteiger partial charge is 0.328 e. The molecule has 1 unspecified atom stereocenters. The van der Waals surface area contributed by atoms with Crippen LogP contribution in [0.1, 0.15) is 32.3 Å². The largest absolute Gasteiger partial charge is 0.467 e. The molecule has 8 nitrogen and oxygen atoms in total. The molecule has 0 fully saturated rings. The highest BCUT2D eigenvalue weighted by molar-refractivity contribution is 5.87. The zero-order chi connectivity index (χ0) is 20.9. The van der Waals surface area contributed by atoms with Gasteiger partial charge in [0.05, 0.1) is 7.11 Å². The van der Waals surface area contributed by atoms with Crippen molar-refractivity contribution < 1.29 is 28.7 Å². The first kappa shape index (κ1) is 23.1. The lowest BCUT2D eigenvalue weighted by atomic mass is 10.1. The molecule has 0 bridgehead atoms. The highest BCUT2D eigenvalue weighted by Gasteiger charge is 2.22. The molecule has 0 aliphatic heterocycles. The standard InChI is InChI=1S/C20H28N2O6/c1-14(2)9-10-17(23)21-12-19(25)28-13-18(24)22-16(20(26)27-3)11-15-7-5-4-6-8-15/h4-8,14,16H,9-13H2,1-3H3,(H,21,23)(H,22,24). The van der Waals surface area contributed by atoms with Crippen molar-refractivity contribution in [1.82, 2.24) is 10.6 Å². The second-order valence-corrected chi connectivity index (χ2v) is 6.70. The number of carbonyl (C=O) groups excluding carboxylic acids is 4. The van der Waals surface area contributed by atoms with Gasteiger partial charge in [-0.2, -0.15) is 0 Å². The van der Waals surface area contributed by atoms with Gasteiger partial charge in [-0.1, -0.05) is 44.2 Å². The molecular formula is C20H28N2O6. The number of hydrogen-bond donors (Lipinski definition) is 2. The van der Waals surface area contributed by atoms with Crippen LogP contribution < -0.4 is 10.6 Å². The maximum atomic E-state index is 12.0. The molecule has 1 rings (SSSR count). The Labute approximate surface area is 165 Å². The van der Waals surface area contributed by atoms with E-state index in [4.69, 9.17) is 9.47 Å². The van der Waals surface area contributed by atoms with Crippen molar-refractivity contribution in [2.45, 2.75) is 39.2 Å². The van der Waals surface area contributed by atoms with Crippen LogP contribution in [0.3, 0.4) is 0 Å². The molecule has 1 atom stereocenters. The molecule has 0 saturated carbocycles. The van der Waals surface area contributed by atoms with E-state index in [2.05, 4.69) is 10.6 Å². The van der Waals surface area contributed by atoms with Crippen LogP contribution in [-0.2, 0) is 35.1 Å². The Kier molecular flexibility index (Phi) is 10.3. The van der Waals surface area contributed by atoms with E-state index in [1.807, 2.05) is 44.2 Å². The molecule has 154 valence electrons. The second kappa shape index (κ2) is 12.5. The van der Waals surface area contributed by atoms with E-state index in [9.17, 15) is 19.2 Å². The molecule has 0 aromatic heterocycles. The van der Waals surface area contributed by atoms with Crippen molar-refractivity contribution in [3.63, 3.8) is 0 Å². The molecule has 28 heavy (non-hydrogen) atoms. The van der Waals surface area contributed by atoms with E-state index in [1.165, 1.54) is 7.11 Å². The molecule has 0 saturated heterocycles. The molecule has 8 heteroatoms. The summed E-state index contributed by atoms with van der Waals surface area (Å²) in [5.74, 6) is -1.82. The molecule has 0 aliphatic carbocycles. The van der Waals surface area contributed by atoms with Crippen LogP contribution in [0.25, 0.3) is 0 Å². The van der Waals surface area contributed by atoms with E-state index in [0.717, 1.165) is 12.0 Å². The van der Waals surface area contributed by atoms with Crippen LogP contribution in [0.5, 0.6) is 0 Å². The van der Waals surface area contributed by atoms with E-state index >= 15 is 0 Å². The third kappa shape index (κ3) is 9.70. The number of rotatable bonds is 11. The van der Waals surface area contributed by atoms with Crippen molar-refractivity contribution in [3.05, 3.63) is 35.9 Å². The summed E-state index contributed by atoms with van der Waals surface area (Å²) >= 11 is 0. The van der Waals surface area contributed by atoms with Crippen LogP contribution in [0.2, 0.25) is 0 Å². The van der Waals surface area contributed by atoms with E-state index in [1.54, 1.807) is 0 Å². The monoisotopic (exact) mass is 392 g/mol. The lowest BCUT2D eigenvalue weighted by molar-refractivity contribution is -0.150. The number of ether oxygens (including phenoxy) is 2. The van der Waals surface area contributed by atoms with Gasteiger partial charge < -0.3 is 20.1 Å². The molecule has 2 N–H and O–H groups in total. The first-order valence-corrected chi connectivity index (χ1v) is 9.15. The van der Waals surface area contributed by atoms with Crippen molar-refractivity contribution in [2.24, 2.45) is 5.92 Å². The number of benzene rings is 1. The fourth-order valence-electron chi connectivity index (χ4n) is 2.30. The minimum atomic E-state index is -0.894. The quantitative estimate of drug-likeness (QED) is 0.543. The minimum absolute atomic E-state index is 0.247. The summed E-state index contributed by atoms with van der Waals surface area (Å²) in [6.07, 6.45) is 1.30. The van der Waals surface area contributed by atoms with E-state index in [-0.39, 0.29) is 18.9 Å². The summed E-state index contributed by atoms with van der Waals surface area (Å²) in [4.78, 5) is 47.1. The van der Waals surface area contributed by atoms with Crippen molar-refractivity contribution in [3.8, 4) is 0 Å². The summed E-state index contributed by atoms with van der Waals surface area (Å²) < 4.78 is 9.53. The number of amides is 2. The van der Waals surface area contributed by atoms with Crippen molar-refractivity contribution >= 4 is 23.8 Å². The lowest BCUT2D eigenvalue weighted by Gasteiger charge is -2.16. The van der Waals surface area contributed by atoms with Crippen molar-refractivity contribution in [1.29, 1.82) is 0 Å². The molecule has 1 aromatic carbocycles. The molecule has 0 spiro atoms. The summed E-state index contributed by atoms with van der Waals surface area (Å²) in [6.45, 7) is 3.14. The summed E-state index contributed by atoms with van der Waals surface area (Å²) in [6, 6.07) is 8.24. The lowest BCUT2D eigenvalue weighted by Crippen LogP contribution is -2.45. The maximum absolute atomic E-state index is 12.0. The van der Waals surface area contributed by atoms with E-state index in [0.29, 0.717) is 12.3 Å². The first-order valence-electron chi connectivity index (χ1n) is 9.15. The van der Waals surface area contributed by atoms with Gasteiger partial charge in [0.15, 0.2) is 6.61 Å². The van der Waals surface area contributed by atoms with Gasteiger partial charge in [0.1, 0.15) is 12.6 Å². The van der Waals surface area contributed by atoms with Gasteiger partial charge in [-0.05, 0) is 17.9 Å². The average Bonchev–Trinajstić information content (AvgIpc) is 2.68. The second-order valence-electron chi connectivity index (χ2n) is 6.70. The van der Waals surface area contributed by atoms with Gasteiger partial charge in [0.2, 0.25) is 5.91 Å². The molecule has 0 aliphatic rings. The van der Waals surface area contributed by atoms with Crippen LogP contribution >= 0.6 is 0 Å². The Bertz CT molecular complexity index is 660. The predicted molar refractivity (Wildman–Crippen MR) is 102 cm³/mol. The van der Waals surface area contributed by atoms with Gasteiger partial charge >= 0.3 is 11.9 Å². The summed E-state index contributed by atoms with van der Waals surface area (Å²) in [5, 5.41) is 4.93. The third-order valence-corrected chi connectivity index (χ3v) is 3.85. The summed E-state index contributed by atoms with van der Waals surface area (Å²) in [7, 11) is 1.23. The highest BCUT2D eigenvalue weighted by Crippen LogP contribution is 2.05. The number of methoxy groups -OCH3 is 1. The predicted octanol–water partition coefficient (Wildman–Crippen LogP) is 0.982. The van der Waals surface area contributed by atoms with Crippen molar-refractivity contribution in [2.75, 3.05) is 20.3 Å². The van der Waals surface area contributed by atoms with Gasteiger partial charge in [0.25, 0.3) is 5.91 Å². The number of hydrogen-bond acceptors (Lipinski definition) is 6. The van der Waals surface area contributed by atoms with Gasteiger partial charge in [-0.3, -0.25) is 14.4 Å². The van der Waals surface area contributed by atoms with Gasteiger partial charge in [-0.15, -0.1) is 0 Å². The van der Waals surface area contributed by atoms with Crippen LogP contribution in [0.4, 0.5) is 0 Å². The Morgan fingerprint density at radius 1 is 1.04 bits per heavy atom. The minimum Gasteiger partial charge on any atom is -0.467 e. The van der Waals surface area contributed by atoms with Gasteiger partial charge in [-0.25, -0.2) is 4.79 Å². The van der Waals surface area contributed by atoms with Crippen LogP contribution in [0, 0.1) is 5.92 Å². The zero-order valence-electron chi connectivity index (χ0n) is 16.5. The Morgan fingerprint density at radius 3 is 2.32 bits per heavy atom. The van der Waals surface area contributed by atoms with E-state index < -0.39 is 30.5 Å². The van der Waals surface area contributed by atoms with Crippen LogP contribution in [0.15, 0.2) is 30.3 Å². The fourth-order valence-corrected chi connectivity index (χ4v) is 2.30. The highest BCUT2D eigenvalue weighted by atomic mass is 16.5. The number of carbonyl (C=O) groups is 4. The molecule has 2 amide bonds. The normalized spacial score (nSPS) is 11.4. The molecule has 0 heterocycles. The summed E-state index contributed by atoms with van der Waals surface area (Å²) in [5.41, 5.74) is 0.847. The third-order valence-electron chi connectivity index (χ3n) is 3.85. The Balaban J connectivity index is 2.40. The number of nitrogens with one attached hydrogen (secondary N) is 2. The SMILES string of the molecule is COC(=O)C(Cc1ccccc1)NC(=O)COC(=O)CNC(=O)CCC(C)C. The van der Waals surface area contributed by atoms with Crippen LogP contribution in [-0.4, -0.2) is 50.1 Å². The topological polar surface area (TPSA) is 111 Å². The van der Waals surface area contributed by atoms with Gasteiger partial charge in [0, 0.05) is 12.8 Å². The Hall–Kier alpha value is -2.90. The number of esters is 2. The maximum Gasteiger partial charge on any atom is 0.328 e. The molecular weight excluding hydrogens is 364 g/mol. The first-order chi connectivity index (χ1) is 13.3. The fraction of sp³-hybridized carbons (Fsp3) is 0.500. The average molecular weight is 392 g/mol.